The van der Waals surface area contributed by atoms with Crippen molar-refractivity contribution in [3.8, 4) is 89.0 Å². The van der Waals surface area contributed by atoms with E-state index in [1.165, 1.54) is 38.9 Å². The van der Waals surface area contributed by atoms with E-state index in [4.69, 9.17) is 0 Å². The van der Waals surface area contributed by atoms with Crippen molar-refractivity contribution < 1.29 is 0 Å². The molecule has 2 nitrogen and oxygen atoms in total. The molecule has 0 fully saturated rings. The average Bonchev–Trinajstić information content (AvgIpc) is 0.749. The van der Waals surface area contributed by atoms with Crippen molar-refractivity contribution in [3.63, 3.8) is 0 Å². The molecule has 0 aliphatic heterocycles. The van der Waals surface area contributed by atoms with Gasteiger partial charge in [0.1, 0.15) is 0 Å². The molecule has 0 spiro atoms. The molecular formula is C90H80N2. The summed E-state index contributed by atoms with van der Waals surface area (Å²) in [5, 5.41) is 0. The van der Waals surface area contributed by atoms with Gasteiger partial charge >= 0.3 is 0 Å². The van der Waals surface area contributed by atoms with Crippen molar-refractivity contribution in [3.05, 3.63) is 338 Å². The second-order valence-corrected chi connectivity index (χ2v) is 25.4. The number of hydrogen-bond donors (Lipinski definition) is 0. The lowest BCUT2D eigenvalue weighted by Crippen LogP contribution is -2.19. The summed E-state index contributed by atoms with van der Waals surface area (Å²) in [5.74, 6) is 0. The first-order valence-electron chi connectivity index (χ1n) is 33.0. The lowest BCUT2D eigenvalue weighted by molar-refractivity contribution is 0.590. The van der Waals surface area contributed by atoms with E-state index in [2.05, 4.69) is 366 Å². The molecule has 0 saturated heterocycles. The van der Waals surface area contributed by atoms with E-state index in [0.717, 1.165) is 139 Å². The van der Waals surface area contributed by atoms with Crippen molar-refractivity contribution in [2.24, 2.45) is 0 Å². The van der Waals surface area contributed by atoms with Crippen molar-refractivity contribution in [2.45, 2.75) is 78.6 Å². The first kappa shape index (κ1) is 60.4. The third-order valence-electron chi connectivity index (χ3n) is 17.8. The third kappa shape index (κ3) is 13.3. The summed E-state index contributed by atoms with van der Waals surface area (Å²) in [4.78, 5) is 5.26. The lowest BCUT2D eigenvalue weighted by Gasteiger charge is -2.36. The Morgan fingerprint density at radius 3 is 0.696 bits per heavy atom. The van der Waals surface area contributed by atoms with Gasteiger partial charge in [-0.25, -0.2) is 0 Å². The molecule has 92 heavy (non-hydrogen) atoms. The maximum absolute atomic E-state index is 2.63. The molecule has 0 N–H and O–H groups in total. The maximum atomic E-state index is 2.63. The zero-order valence-electron chi connectivity index (χ0n) is 53.7. The average molecular weight is 1190 g/mol. The minimum Gasteiger partial charge on any atom is -0.309 e. The predicted molar refractivity (Wildman–Crippen MR) is 395 cm³/mol. The second kappa shape index (κ2) is 27.7. The van der Waals surface area contributed by atoms with Crippen LogP contribution in [0.1, 0.15) is 77.0 Å². The van der Waals surface area contributed by atoms with Gasteiger partial charge in [0, 0.05) is 45.0 Å². The van der Waals surface area contributed by atoms with Crippen LogP contribution in [0.5, 0.6) is 0 Å². The number of hydrogen-bond acceptors (Lipinski definition) is 2. The number of rotatable bonds is 20. The number of unbranched alkanes of at least 4 members (excludes halogenated alkanes) is 2. The normalized spacial score (nSPS) is 11.4. The van der Waals surface area contributed by atoms with Crippen LogP contribution in [0.3, 0.4) is 0 Å². The van der Waals surface area contributed by atoms with Gasteiger partial charge in [0.05, 0.1) is 11.4 Å². The third-order valence-corrected chi connectivity index (χ3v) is 17.8. The summed E-state index contributed by atoms with van der Waals surface area (Å²) in [5.41, 5.74) is 28.4. The van der Waals surface area contributed by atoms with Crippen LogP contribution >= 0.6 is 0 Å². The molecule has 2 heteroatoms. The van der Waals surface area contributed by atoms with Gasteiger partial charge in [-0.15, -0.1) is 0 Å². The second-order valence-electron chi connectivity index (χ2n) is 25.4. The molecule has 0 radical (unpaired) electrons. The minimum absolute atomic E-state index is 0.326. The van der Waals surface area contributed by atoms with E-state index < -0.39 is 0 Å². The van der Waals surface area contributed by atoms with Gasteiger partial charge in [0.25, 0.3) is 0 Å². The van der Waals surface area contributed by atoms with Crippen LogP contribution in [-0.4, -0.2) is 0 Å². The molecule has 0 aromatic heterocycles. The van der Waals surface area contributed by atoms with Crippen molar-refractivity contribution in [2.75, 3.05) is 9.80 Å². The van der Waals surface area contributed by atoms with Crippen LogP contribution in [-0.2, 0) is 18.3 Å². The SMILES string of the molecule is CCCCc1cc(-c2ccccc2)c(N(c2cc(-c3ccccc3)cc(-c3ccccc3)c2)c2cc(N(c3cc(-c4ccccc4)cc(-c4ccccc4)c3)c3c(-c4ccccc4)cc(CCCC)cc3-c3ccccc3)cc(C(C)(C)C)c2)c(-c2ccccc2)c1. The monoisotopic (exact) mass is 1190 g/mol. The van der Waals surface area contributed by atoms with Gasteiger partial charge < -0.3 is 9.80 Å². The molecule has 13 aromatic carbocycles. The molecule has 0 saturated carbocycles. The van der Waals surface area contributed by atoms with E-state index in [0.29, 0.717) is 0 Å². The van der Waals surface area contributed by atoms with Crippen LogP contribution in [0.25, 0.3) is 89.0 Å². The lowest BCUT2D eigenvalue weighted by atomic mass is 9.85. The van der Waals surface area contributed by atoms with Gasteiger partial charge in [-0.05, 0) is 193 Å². The fourth-order valence-corrected chi connectivity index (χ4v) is 13.0. The fourth-order valence-electron chi connectivity index (χ4n) is 13.0. The van der Waals surface area contributed by atoms with Crippen molar-refractivity contribution in [1.82, 2.24) is 0 Å². The summed E-state index contributed by atoms with van der Waals surface area (Å²) in [6.07, 6.45) is 6.31. The van der Waals surface area contributed by atoms with Crippen LogP contribution in [0, 0.1) is 0 Å². The van der Waals surface area contributed by atoms with Crippen molar-refractivity contribution in [1.29, 1.82) is 0 Å². The topological polar surface area (TPSA) is 6.48 Å². The molecule has 450 valence electrons. The highest BCUT2D eigenvalue weighted by atomic mass is 15.2. The van der Waals surface area contributed by atoms with E-state index >= 15 is 0 Å². The Labute approximate surface area is 546 Å². The Morgan fingerprint density at radius 2 is 0.467 bits per heavy atom. The summed E-state index contributed by atoms with van der Waals surface area (Å²) in [6, 6.07) is 120. The Morgan fingerprint density at radius 1 is 0.239 bits per heavy atom. The number of nitrogens with zero attached hydrogens (tertiary/aromatic N) is 2. The quantitative estimate of drug-likeness (QED) is 0.0750. The van der Waals surface area contributed by atoms with Gasteiger partial charge in [-0.2, -0.15) is 0 Å². The van der Waals surface area contributed by atoms with E-state index in [-0.39, 0.29) is 5.41 Å². The molecular weight excluding hydrogens is 1110 g/mol. The highest BCUT2D eigenvalue weighted by molar-refractivity contribution is 6.03. The first-order valence-corrected chi connectivity index (χ1v) is 33.0. The smallest absolute Gasteiger partial charge is 0.0618 e. The summed E-state index contributed by atoms with van der Waals surface area (Å²) >= 11 is 0. The summed E-state index contributed by atoms with van der Waals surface area (Å²) < 4.78 is 0. The molecule has 0 amide bonds. The molecule has 13 aromatic rings. The van der Waals surface area contributed by atoms with Crippen LogP contribution in [0.4, 0.5) is 34.1 Å². The van der Waals surface area contributed by atoms with Crippen LogP contribution in [0.15, 0.2) is 322 Å². The van der Waals surface area contributed by atoms with E-state index in [1.54, 1.807) is 0 Å². The molecule has 0 unspecified atom stereocenters. The first-order chi connectivity index (χ1) is 45.2. The standard InChI is InChI=1S/C90H80N2/c1-6-8-34-65-52-84(71-44-26-14-27-45-71)88(85(53-65)72-46-28-15-29-47-72)91(80-58-75(67-36-18-10-19-37-67)56-76(59-80)68-38-20-11-21-39-68)82-62-79(90(3,4)5)63-83(64-82)92(81-60-77(69-40-22-12-23-41-69)57-78(61-81)70-42-24-13-25-43-70)89-86(73-48-30-16-31-49-73)54-66(35-9-7-2)55-87(89)74-50-32-17-33-51-74/h10-33,36-64H,6-9,34-35H2,1-5H3. The van der Waals surface area contributed by atoms with Crippen LogP contribution < -0.4 is 9.80 Å². The fraction of sp³-hybridized carbons (Fsp3) is 0.133. The zero-order chi connectivity index (χ0) is 62.8. The molecule has 0 aliphatic rings. The van der Waals surface area contributed by atoms with Gasteiger partial charge in [0.15, 0.2) is 0 Å². The summed E-state index contributed by atoms with van der Waals surface area (Å²) in [7, 11) is 0. The van der Waals surface area contributed by atoms with Crippen molar-refractivity contribution >= 4 is 34.1 Å². The highest BCUT2D eigenvalue weighted by Crippen LogP contribution is 2.54. The molecule has 13 rings (SSSR count). The highest BCUT2D eigenvalue weighted by Gasteiger charge is 2.31. The van der Waals surface area contributed by atoms with E-state index in [9.17, 15) is 0 Å². The number of anilines is 6. The van der Waals surface area contributed by atoms with E-state index in [1.807, 2.05) is 0 Å². The number of benzene rings is 13. The Bertz CT molecular complexity index is 4050. The predicted octanol–water partition coefficient (Wildman–Crippen LogP) is 25.9. The van der Waals surface area contributed by atoms with Gasteiger partial charge in [0.2, 0.25) is 0 Å². The largest absolute Gasteiger partial charge is 0.309 e. The molecule has 0 bridgehead atoms. The molecule has 0 atom stereocenters. The van der Waals surface area contributed by atoms with Gasteiger partial charge in [-0.1, -0.05) is 290 Å². The minimum atomic E-state index is -0.326. The zero-order valence-corrected chi connectivity index (χ0v) is 53.7. The molecule has 0 heterocycles. The van der Waals surface area contributed by atoms with Gasteiger partial charge in [-0.3, -0.25) is 0 Å². The maximum Gasteiger partial charge on any atom is 0.0618 e. The Hall–Kier alpha value is -10.5. The number of aryl methyl sites for hydroxylation is 2. The summed E-state index contributed by atoms with van der Waals surface area (Å²) in [6.45, 7) is 11.7. The van der Waals surface area contributed by atoms with Crippen LogP contribution in [0.2, 0.25) is 0 Å². The Kier molecular flexibility index (Phi) is 18.2. The molecule has 0 aliphatic carbocycles. The Balaban J connectivity index is 1.22.